The number of nitrogens with zero attached hydrogens (tertiary/aromatic N) is 2. The summed E-state index contributed by atoms with van der Waals surface area (Å²) < 4.78 is 0. The number of carboxylic acids is 5. The van der Waals surface area contributed by atoms with Crippen molar-refractivity contribution in [2.24, 2.45) is 44.4 Å². The zero-order chi connectivity index (χ0) is 69.4. The summed E-state index contributed by atoms with van der Waals surface area (Å²) in [6, 6.07) is -9.94. The van der Waals surface area contributed by atoms with Gasteiger partial charge < -0.3 is 113 Å². The van der Waals surface area contributed by atoms with Crippen molar-refractivity contribution in [2.45, 2.75) is 171 Å². The van der Waals surface area contributed by atoms with Crippen LogP contribution in [0.2, 0.25) is 0 Å². The van der Waals surface area contributed by atoms with E-state index in [1.54, 1.807) is 24.3 Å². The van der Waals surface area contributed by atoms with Gasteiger partial charge in [0.05, 0.1) is 6.04 Å². The molecule has 0 fully saturated rings. The topological polar surface area (TPSA) is 662 Å². The number of para-hydroxylation sites is 1. The van der Waals surface area contributed by atoms with Gasteiger partial charge in [0.15, 0.2) is 11.9 Å². The summed E-state index contributed by atoms with van der Waals surface area (Å²) in [5.41, 5.74) is 33.8. The normalized spacial score (nSPS) is 14.1. The molecule has 38 heteroatoms. The summed E-state index contributed by atoms with van der Waals surface area (Å²) >= 11 is 0. The lowest BCUT2D eigenvalue weighted by Gasteiger charge is -2.27. The minimum Gasteiger partial charge on any atom is -0.481 e. The quantitative estimate of drug-likeness (QED) is 0.0167. The van der Waals surface area contributed by atoms with Gasteiger partial charge in [-0.05, 0) is 83.3 Å². The molecule has 10 atom stereocenters. The number of H-pyrrole nitrogens is 1. The number of aromatic amines is 1. The predicted molar refractivity (Wildman–Crippen MR) is 322 cm³/mol. The fourth-order valence-electron chi connectivity index (χ4n) is 8.55. The molecule has 0 saturated heterocycles. The lowest BCUT2D eigenvalue weighted by atomic mass is 10.0. The zero-order valence-corrected chi connectivity index (χ0v) is 50.4. The molecule has 27 N–H and O–H groups in total. The number of nitrogens with two attached hydrogens (primary N) is 6. The van der Waals surface area contributed by atoms with Crippen LogP contribution in [0.15, 0.2) is 40.4 Å². The number of benzene rings is 1. The summed E-state index contributed by atoms with van der Waals surface area (Å²) in [6.07, 6.45) is -5.62. The Morgan fingerprint density at radius 3 is 1.16 bits per heavy atom. The zero-order valence-electron chi connectivity index (χ0n) is 50.4. The first-order valence-electron chi connectivity index (χ1n) is 28.7. The summed E-state index contributed by atoms with van der Waals surface area (Å²) in [7, 11) is 0. The van der Waals surface area contributed by atoms with Crippen LogP contribution in [0.4, 0.5) is 0 Å². The molecular weight excluding hydrogens is 1220 g/mol. The SMILES string of the molecule is C[C@H](NC(=O)[C@H](CCC(N)=O)NC(=O)[C@H](CCCN=C(N)N)NC(=O)[C@H](CCC(=O)O)NC(=O)[C@H](C)NC(=O)[C@H](CCC(=O)O)NC(=O)[C@H](CCC(=O)O)NC(=O)[C@H](Cc1c[nH]c2ccccc12)NC(=O)[C@H](CCC(=O)O)NC(=O)[C@@H](N)CCCN=C(N)N)C(=O)O. The van der Waals surface area contributed by atoms with Crippen molar-refractivity contribution in [1.82, 2.24) is 52.8 Å². The van der Waals surface area contributed by atoms with E-state index in [1.165, 1.54) is 6.20 Å². The molecule has 0 aliphatic rings. The number of amides is 10. The van der Waals surface area contributed by atoms with Gasteiger partial charge in [0.25, 0.3) is 0 Å². The van der Waals surface area contributed by atoms with E-state index >= 15 is 0 Å². The maximum atomic E-state index is 14.5. The van der Waals surface area contributed by atoms with Gasteiger partial charge in [0.1, 0.15) is 54.4 Å². The summed E-state index contributed by atoms with van der Waals surface area (Å²) in [4.78, 5) is 206. The number of carbonyl (C=O) groups excluding carboxylic acids is 10. The van der Waals surface area contributed by atoms with Gasteiger partial charge in [0.2, 0.25) is 59.1 Å². The Balaban J connectivity index is 2.52. The highest BCUT2D eigenvalue weighted by Gasteiger charge is 2.36. The number of primary amides is 1. The molecule has 0 aliphatic heterocycles. The molecule has 0 aliphatic carbocycles. The molecule has 0 spiro atoms. The van der Waals surface area contributed by atoms with Crippen LogP contribution in [0.1, 0.15) is 109 Å². The van der Waals surface area contributed by atoms with E-state index in [4.69, 9.17) is 34.4 Å². The van der Waals surface area contributed by atoms with E-state index in [2.05, 4.69) is 62.8 Å². The van der Waals surface area contributed by atoms with Crippen LogP contribution in [0, 0.1) is 0 Å². The molecule has 92 heavy (non-hydrogen) atoms. The number of aliphatic carboxylic acids is 5. The van der Waals surface area contributed by atoms with Crippen molar-refractivity contribution in [3.05, 3.63) is 36.0 Å². The number of rotatable bonds is 44. The first-order chi connectivity index (χ1) is 43.2. The second-order valence-electron chi connectivity index (χ2n) is 21.0. The Bertz CT molecular complexity index is 3040. The van der Waals surface area contributed by atoms with Gasteiger partial charge in [-0.2, -0.15) is 0 Å². The number of carboxylic acid groups (broad SMARTS) is 5. The molecule has 1 aromatic carbocycles. The lowest BCUT2D eigenvalue weighted by Crippen LogP contribution is -2.60. The van der Waals surface area contributed by atoms with Crippen LogP contribution in [0.3, 0.4) is 0 Å². The Morgan fingerprint density at radius 2 is 0.761 bits per heavy atom. The van der Waals surface area contributed by atoms with Crippen molar-refractivity contribution in [1.29, 1.82) is 0 Å². The minimum atomic E-state index is -1.90. The maximum Gasteiger partial charge on any atom is 0.325 e. The van der Waals surface area contributed by atoms with Gasteiger partial charge in [-0.25, -0.2) is 0 Å². The molecule has 1 heterocycles. The Kier molecular flexibility index (Phi) is 33.1. The lowest BCUT2D eigenvalue weighted by molar-refractivity contribution is -0.142. The van der Waals surface area contributed by atoms with Crippen molar-refractivity contribution >= 4 is 112 Å². The first kappa shape index (κ1) is 77.4. The van der Waals surface area contributed by atoms with Gasteiger partial charge in [-0.3, -0.25) is 81.9 Å². The third kappa shape index (κ3) is 29.5. The monoisotopic (exact) mass is 1300 g/mol. The van der Waals surface area contributed by atoms with Gasteiger partial charge >= 0.3 is 29.8 Å². The van der Waals surface area contributed by atoms with Crippen molar-refractivity contribution in [3.8, 4) is 0 Å². The second kappa shape index (κ2) is 39.3. The number of hydrogen-bond donors (Lipinski definition) is 21. The van der Waals surface area contributed by atoms with Crippen LogP contribution < -0.4 is 82.3 Å². The average molecular weight is 1300 g/mol. The highest BCUT2D eigenvalue weighted by molar-refractivity contribution is 5.99. The van der Waals surface area contributed by atoms with E-state index < -0.39 is 214 Å². The number of aromatic nitrogens is 1. The molecule has 508 valence electrons. The number of aliphatic imine (C=N–C) groups is 2. The third-order valence-electron chi connectivity index (χ3n) is 13.5. The summed E-state index contributed by atoms with van der Waals surface area (Å²) in [5.74, 6) is -19.0. The van der Waals surface area contributed by atoms with E-state index in [0.717, 1.165) is 13.8 Å². The van der Waals surface area contributed by atoms with Crippen molar-refractivity contribution < 1.29 is 97.5 Å². The van der Waals surface area contributed by atoms with Gasteiger partial charge in [-0.15, -0.1) is 0 Å². The van der Waals surface area contributed by atoms with Crippen LogP contribution in [-0.4, -0.2) is 205 Å². The molecule has 0 radical (unpaired) electrons. The van der Waals surface area contributed by atoms with Crippen LogP contribution in [0.25, 0.3) is 10.9 Å². The fraction of sp³-hybridized carbons (Fsp3) is 0.537. The average Bonchev–Trinajstić information content (AvgIpc) is 1.68. The Hall–Kier alpha value is -10.7. The smallest absolute Gasteiger partial charge is 0.325 e. The molecule has 10 amide bonds. The Labute approximate surface area is 524 Å². The highest BCUT2D eigenvalue weighted by Crippen LogP contribution is 2.20. The maximum absolute atomic E-state index is 14.5. The fourth-order valence-corrected chi connectivity index (χ4v) is 8.55. The molecule has 0 saturated carbocycles. The minimum absolute atomic E-state index is 0.0138. The molecule has 2 aromatic rings. The Morgan fingerprint density at radius 1 is 0.424 bits per heavy atom. The molecule has 0 unspecified atom stereocenters. The number of hydrogen-bond acceptors (Lipinski definition) is 18. The van der Waals surface area contributed by atoms with Gasteiger partial charge in [-0.1, -0.05) is 18.2 Å². The third-order valence-corrected chi connectivity index (χ3v) is 13.5. The number of nitrogens with one attached hydrogen (secondary N) is 10. The molecule has 0 bridgehead atoms. The molecule has 38 nitrogen and oxygen atoms in total. The van der Waals surface area contributed by atoms with Crippen molar-refractivity contribution in [2.75, 3.05) is 13.1 Å². The summed E-state index contributed by atoms with van der Waals surface area (Å²) in [5, 5.41) is 69.0. The van der Waals surface area contributed by atoms with Crippen molar-refractivity contribution in [3.63, 3.8) is 0 Å². The standard InChI is InChI=1S/C54H82N18O20/c1-25(43(82)66-34(13-18-40(76)77)48(87)68-31(10-6-22-62-54(59)60)47(86)69-32(11-16-38(56)73)46(85)65-26(2)52(91)92)64-45(84)33(12-17-39(74)75)70-49(88)36(15-20-42(80)81)71-51(90)37(23-27-24-63-30-9-4-3-7-28(27)30)72-50(89)35(14-19-41(78)79)67-44(83)29(55)8-5-21-61-53(57)58/h3-4,7,9,24-26,29,31-37,63H,5-6,8,10-23,55H2,1-2H3,(H2,56,73)(H,64,84)(H,65,85)(H,66,82)(H,67,83)(H,68,87)(H,69,86)(H,70,88)(H,71,90)(H,72,89)(H,74,75)(H,76,77)(H,78,79)(H,80,81)(H,91,92)(H4,57,58,61)(H4,59,60,62)/t25-,26-,29-,31-,32-,33-,34-,35-,36-,37-/m0/s1. The van der Waals surface area contributed by atoms with E-state index in [1.807, 2.05) is 0 Å². The number of carbonyl (C=O) groups is 15. The highest BCUT2D eigenvalue weighted by atomic mass is 16.4. The van der Waals surface area contributed by atoms with E-state index in [0.29, 0.717) is 16.5 Å². The van der Waals surface area contributed by atoms with Gasteiger partial charge in [0, 0.05) is 68.7 Å². The number of guanidine groups is 2. The summed E-state index contributed by atoms with van der Waals surface area (Å²) in [6.45, 7) is 2.14. The first-order valence-corrected chi connectivity index (χ1v) is 28.7. The van der Waals surface area contributed by atoms with Crippen LogP contribution >= 0.6 is 0 Å². The predicted octanol–water partition coefficient (Wildman–Crippen LogP) is -6.64. The van der Waals surface area contributed by atoms with E-state index in [-0.39, 0.29) is 57.1 Å². The largest absolute Gasteiger partial charge is 0.481 e. The van der Waals surface area contributed by atoms with Crippen LogP contribution in [0.5, 0.6) is 0 Å². The van der Waals surface area contributed by atoms with Crippen LogP contribution in [-0.2, 0) is 78.3 Å². The molecule has 1 aromatic heterocycles. The molecular formula is C54H82N18O20. The number of fused-ring (bicyclic) bond motifs is 1. The second-order valence-corrected chi connectivity index (χ2v) is 21.0. The van der Waals surface area contributed by atoms with E-state index in [9.17, 15) is 97.5 Å². The molecule has 2 rings (SSSR count).